The van der Waals surface area contributed by atoms with Crippen LogP contribution in [-0.4, -0.2) is 70.7 Å². The highest BCUT2D eigenvalue weighted by Crippen LogP contribution is 2.41. The average molecular weight is 474 g/mol. The van der Waals surface area contributed by atoms with E-state index in [9.17, 15) is 14.4 Å². The minimum atomic E-state index is -0.403. The Kier molecular flexibility index (Phi) is 6.89. The number of carbonyl (C=O) groups excluding carboxylic acids is 3. The van der Waals surface area contributed by atoms with Crippen LogP contribution in [0, 0.1) is 5.92 Å². The highest BCUT2D eigenvalue weighted by Gasteiger charge is 2.48. The van der Waals surface area contributed by atoms with Gasteiger partial charge in [0.1, 0.15) is 6.04 Å². The predicted molar refractivity (Wildman–Crippen MR) is 135 cm³/mol. The first-order chi connectivity index (χ1) is 17.1. The summed E-state index contributed by atoms with van der Waals surface area (Å²) in [4.78, 5) is 45.9. The van der Waals surface area contributed by atoms with E-state index in [1.165, 1.54) is 12.0 Å². The van der Waals surface area contributed by atoms with Crippen LogP contribution in [0.5, 0.6) is 0 Å². The Bertz CT molecular complexity index is 1060. The zero-order chi connectivity index (χ0) is 24.4. The molecule has 2 aromatic rings. The first-order valence-electron chi connectivity index (χ1n) is 13.1. The molecule has 3 aliphatic rings. The lowest BCUT2D eigenvalue weighted by molar-refractivity contribution is -0.137. The van der Waals surface area contributed by atoms with Crippen molar-refractivity contribution in [2.45, 2.75) is 57.5 Å². The summed E-state index contributed by atoms with van der Waals surface area (Å²) in [5.41, 5.74) is 2.56. The lowest BCUT2D eigenvalue weighted by Gasteiger charge is -2.38. The van der Waals surface area contributed by atoms with E-state index in [1.807, 2.05) is 69.3 Å². The molecule has 0 N–H and O–H groups in total. The molecule has 0 aromatic heterocycles. The van der Waals surface area contributed by atoms with E-state index in [0.29, 0.717) is 43.2 Å². The van der Waals surface area contributed by atoms with Gasteiger partial charge in [-0.05, 0) is 61.4 Å². The summed E-state index contributed by atoms with van der Waals surface area (Å²) < 4.78 is 0. The smallest absolute Gasteiger partial charge is 0.254 e. The monoisotopic (exact) mass is 473 g/mol. The van der Waals surface area contributed by atoms with Gasteiger partial charge in [0.15, 0.2) is 0 Å². The number of likely N-dealkylation sites (tertiary alicyclic amines) is 1. The summed E-state index contributed by atoms with van der Waals surface area (Å²) in [6.45, 7) is 4.16. The Labute approximate surface area is 207 Å². The van der Waals surface area contributed by atoms with Crippen LogP contribution in [-0.2, 0) is 11.2 Å². The summed E-state index contributed by atoms with van der Waals surface area (Å²) in [6.07, 6.45) is 6.06. The molecule has 5 rings (SSSR count). The first-order valence-corrected chi connectivity index (χ1v) is 13.1. The van der Waals surface area contributed by atoms with E-state index in [-0.39, 0.29) is 23.8 Å². The first kappa shape index (κ1) is 23.6. The van der Waals surface area contributed by atoms with Crippen molar-refractivity contribution in [1.82, 2.24) is 14.7 Å². The van der Waals surface area contributed by atoms with Crippen molar-refractivity contribution in [2.24, 2.45) is 5.92 Å². The fraction of sp³-hybridized carbons (Fsp3) is 0.483. The van der Waals surface area contributed by atoms with Crippen molar-refractivity contribution in [3.63, 3.8) is 0 Å². The Morgan fingerprint density at radius 3 is 2.09 bits per heavy atom. The molecule has 2 aliphatic heterocycles. The number of amides is 3. The van der Waals surface area contributed by atoms with E-state index < -0.39 is 6.04 Å². The zero-order valence-electron chi connectivity index (χ0n) is 20.6. The number of carbonyl (C=O) groups is 3. The molecule has 3 fully saturated rings. The molecule has 35 heavy (non-hydrogen) atoms. The molecule has 184 valence electrons. The second-order valence-electron chi connectivity index (χ2n) is 10.1. The third-order valence-electron chi connectivity index (χ3n) is 8.12. The highest BCUT2D eigenvalue weighted by molar-refractivity contribution is 5.98. The summed E-state index contributed by atoms with van der Waals surface area (Å²) in [7, 11) is 0. The van der Waals surface area contributed by atoms with Crippen LogP contribution >= 0.6 is 0 Å². The van der Waals surface area contributed by atoms with Crippen molar-refractivity contribution in [3.8, 4) is 0 Å². The molecule has 6 heteroatoms. The molecule has 0 radical (unpaired) electrons. The molecule has 6 nitrogen and oxygen atoms in total. The van der Waals surface area contributed by atoms with Crippen LogP contribution < -0.4 is 0 Å². The van der Waals surface area contributed by atoms with Crippen LogP contribution in [0.15, 0.2) is 54.6 Å². The fourth-order valence-corrected chi connectivity index (χ4v) is 6.11. The van der Waals surface area contributed by atoms with Gasteiger partial charge in [0.2, 0.25) is 5.91 Å². The Hall–Kier alpha value is -3.15. The second kappa shape index (κ2) is 10.2. The average Bonchev–Trinajstić information content (AvgIpc) is 3.32. The third-order valence-corrected chi connectivity index (χ3v) is 8.12. The molecular weight excluding hydrogens is 438 g/mol. The topological polar surface area (TPSA) is 60.9 Å². The number of rotatable bonds is 4. The lowest BCUT2D eigenvalue weighted by Crippen LogP contribution is -2.56. The lowest BCUT2D eigenvalue weighted by atomic mass is 9.84. The molecule has 1 aliphatic carbocycles. The Morgan fingerprint density at radius 1 is 0.771 bits per heavy atom. The summed E-state index contributed by atoms with van der Waals surface area (Å²) in [5, 5.41) is 0. The van der Waals surface area contributed by atoms with Crippen molar-refractivity contribution < 1.29 is 14.4 Å². The number of benzene rings is 2. The Balaban J connectivity index is 1.27. The standard InChI is InChI=1S/C29H35N3O3/c1-2-21-12-14-23(15-13-21)27(33)30-16-18-31(19-17-30)29(35)26-20-24-10-6-7-11-25(24)32(26)28(34)22-8-4-3-5-9-22/h3-5,8-9,12-15,24-26H,2,6-7,10-11,16-20H2,1H3. The number of aryl methyl sites for hydroxylation is 1. The van der Waals surface area contributed by atoms with E-state index in [2.05, 4.69) is 6.92 Å². The molecular formula is C29H35N3O3. The quantitative estimate of drug-likeness (QED) is 0.674. The van der Waals surface area contributed by atoms with Gasteiger partial charge < -0.3 is 14.7 Å². The minimum absolute atomic E-state index is 0.0209. The van der Waals surface area contributed by atoms with E-state index in [1.54, 1.807) is 0 Å². The van der Waals surface area contributed by atoms with Gasteiger partial charge >= 0.3 is 0 Å². The van der Waals surface area contributed by atoms with Crippen molar-refractivity contribution in [3.05, 3.63) is 71.3 Å². The molecule has 2 aromatic carbocycles. The molecule has 0 bridgehead atoms. The summed E-state index contributed by atoms with van der Waals surface area (Å²) >= 11 is 0. The number of hydrogen-bond donors (Lipinski definition) is 0. The maximum atomic E-state index is 13.7. The number of fused-ring (bicyclic) bond motifs is 1. The molecule has 3 amide bonds. The van der Waals surface area contributed by atoms with Crippen molar-refractivity contribution in [2.75, 3.05) is 26.2 Å². The van der Waals surface area contributed by atoms with Gasteiger partial charge in [0.25, 0.3) is 11.8 Å². The van der Waals surface area contributed by atoms with Crippen LogP contribution in [0.4, 0.5) is 0 Å². The van der Waals surface area contributed by atoms with Gasteiger partial charge in [-0.3, -0.25) is 14.4 Å². The fourth-order valence-electron chi connectivity index (χ4n) is 6.11. The normalized spacial score (nSPS) is 24.3. The maximum absolute atomic E-state index is 13.7. The van der Waals surface area contributed by atoms with Gasteiger partial charge in [0, 0.05) is 43.3 Å². The van der Waals surface area contributed by atoms with E-state index in [4.69, 9.17) is 0 Å². The van der Waals surface area contributed by atoms with Crippen LogP contribution in [0.3, 0.4) is 0 Å². The van der Waals surface area contributed by atoms with Crippen LogP contribution in [0.2, 0.25) is 0 Å². The number of nitrogens with zero attached hydrogens (tertiary/aromatic N) is 3. The van der Waals surface area contributed by atoms with Crippen LogP contribution in [0.25, 0.3) is 0 Å². The van der Waals surface area contributed by atoms with Gasteiger partial charge in [-0.25, -0.2) is 0 Å². The molecule has 3 unspecified atom stereocenters. The van der Waals surface area contributed by atoms with Gasteiger partial charge in [-0.15, -0.1) is 0 Å². The molecule has 3 atom stereocenters. The van der Waals surface area contributed by atoms with Gasteiger partial charge in [-0.1, -0.05) is 50.1 Å². The van der Waals surface area contributed by atoms with Gasteiger partial charge in [0.05, 0.1) is 0 Å². The highest BCUT2D eigenvalue weighted by atomic mass is 16.2. The van der Waals surface area contributed by atoms with E-state index in [0.717, 1.165) is 32.1 Å². The van der Waals surface area contributed by atoms with Crippen molar-refractivity contribution >= 4 is 17.7 Å². The summed E-state index contributed by atoms with van der Waals surface area (Å²) in [6, 6.07) is 16.9. The molecule has 0 spiro atoms. The molecule has 2 heterocycles. The largest absolute Gasteiger partial charge is 0.337 e. The van der Waals surface area contributed by atoms with E-state index >= 15 is 0 Å². The Morgan fingerprint density at radius 2 is 1.40 bits per heavy atom. The van der Waals surface area contributed by atoms with Gasteiger partial charge in [-0.2, -0.15) is 0 Å². The summed E-state index contributed by atoms with van der Waals surface area (Å²) in [5.74, 6) is 0.442. The number of hydrogen-bond acceptors (Lipinski definition) is 3. The SMILES string of the molecule is CCc1ccc(C(=O)N2CCN(C(=O)C3CC4CCCCC4N3C(=O)c3ccccc3)CC2)cc1. The second-order valence-corrected chi connectivity index (χ2v) is 10.1. The molecule has 2 saturated heterocycles. The predicted octanol–water partition coefficient (Wildman–Crippen LogP) is 4.01. The molecule has 1 saturated carbocycles. The maximum Gasteiger partial charge on any atom is 0.254 e. The minimum Gasteiger partial charge on any atom is -0.337 e. The third kappa shape index (κ3) is 4.71. The van der Waals surface area contributed by atoms with Crippen LogP contribution in [0.1, 0.15) is 65.3 Å². The number of piperazine rings is 1. The van der Waals surface area contributed by atoms with Crippen molar-refractivity contribution in [1.29, 1.82) is 0 Å². The zero-order valence-corrected chi connectivity index (χ0v) is 20.6.